The number of nitrogens with one attached hydrogen (secondary N) is 1. The molecule has 4 nitrogen and oxygen atoms in total. The lowest BCUT2D eigenvalue weighted by atomic mass is 10.3. The van der Waals surface area contributed by atoms with Gasteiger partial charge in [0.25, 0.3) is 0 Å². The van der Waals surface area contributed by atoms with Crippen LogP contribution in [0.25, 0.3) is 0 Å². The molecule has 1 aromatic carbocycles. The van der Waals surface area contributed by atoms with E-state index in [0.29, 0.717) is 0 Å². The second-order valence-electron chi connectivity index (χ2n) is 4.25. The van der Waals surface area contributed by atoms with Crippen LogP contribution in [-0.4, -0.2) is 30.1 Å². The molecule has 1 heterocycles. The first kappa shape index (κ1) is 13.6. The average Bonchev–Trinajstić information content (AvgIpc) is 2.44. The Morgan fingerprint density at radius 1 is 1.21 bits per heavy atom. The first-order chi connectivity index (χ1) is 9.25. The third kappa shape index (κ3) is 4.41. The van der Waals surface area contributed by atoms with E-state index in [2.05, 4.69) is 39.4 Å². The first-order valence-electron chi connectivity index (χ1n) is 6.24. The summed E-state index contributed by atoms with van der Waals surface area (Å²) in [5, 5.41) is 3.50. The number of rotatable bonds is 6. The maximum absolute atomic E-state index is 5.72. The molecular formula is C14H17ClN4. The third-order valence-electron chi connectivity index (χ3n) is 2.80. The van der Waals surface area contributed by atoms with Gasteiger partial charge < -0.3 is 10.2 Å². The molecule has 1 N–H and O–H groups in total. The van der Waals surface area contributed by atoms with Crippen molar-refractivity contribution in [2.45, 2.75) is 6.42 Å². The number of hydrogen-bond acceptors (Lipinski definition) is 4. The summed E-state index contributed by atoms with van der Waals surface area (Å²) in [6, 6.07) is 12.2. The van der Waals surface area contributed by atoms with Crippen molar-refractivity contribution in [1.82, 2.24) is 9.97 Å². The number of para-hydroxylation sites is 1. The zero-order chi connectivity index (χ0) is 13.5. The summed E-state index contributed by atoms with van der Waals surface area (Å²) < 4.78 is 0. The van der Waals surface area contributed by atoms with Gasteiger partial charge in [-0.3, -0.25) is 0 Å². The number of halogens is 1. The summed E-state index contributed by atoms with van der Waals surface area (Å²) in [7, 11) is 2.09. The minimum Gasteiger partial charge on any atom is -0.375 e. The van der Waals surface area contributed by atoms with Crippen LogP contribution in [0.1, 0.15) is 6.42 Å². The molecule has 0 atom stereocenters. The van der Waals surface area contributed by atoms with E-state index in [9.17, 15) is 0 Å². The topological polar surface area (TPSA) is 41.0 Å². The SMILES string of the molecule is CN(CCCNc1ccnc(Cl)n1)c1ccccc1. The highest BCUT2D eigenvalue weighted by atomic mass is 35.5. The van der Waals surface area contributed by atoms with Crippen molar-refractivity contribution in [3.63, 3.8) is 0 Å². The molecule has 0 amide bonds. The van der Waals surface area contributed by atoms with Crippen molar-refractivity contribution in [2.75, 3.05) is 30.4 Å². The number of nitrogens with zero attached hydrogens (tertiary/aromatic N) is 3. The molecule has 0 aliphatic carbocycles. The quantitative estimate of drug-likeness (QED) is 0.650. The monoisotopic (exact) mass is 276 g/mol. The molecule has 0 saturated carbocycles. The van der Waals surface area contributed by atoms with Crippen LogP contribution in [0, 0.1) is 0 Å². The normalized spacial score (nSPS) is 10.2. The van der Waals surface area contributed by atoms with Crippen LogP contribution < -0.4 is 10.2 Å². The lowest BCUT2D eigenvalue weighted by molar-refractivity contribution is 0.814. The molecule has 0 aliphatic heterocycles. The van der Waals surface area contributed by atoms with Gasteiger partial charge in [-0.1, -0.05) is 18.2 Å². The summed E-state index contributed by atoms with van der Waals surface area (Å²) in [6.07, 6.45) is 2.67. The highest BCUT2D eigenvalue weighted by molar-refractivity contribution is 6.28. The maximum Gasteiger partial charge on any atom is 0.224 e. The van der Waals surface area contributed by atoms with E-state index in [-0.39, 0.29) is 5.28 Å². The fourth-order valence-electron chi connectivity index (χ4n) is 1.78. The van der Waals surface area contributed by atoms with Crippen LogP contribution in [0.15, 0.2) is 42.6 Å². The van der Waals surface area contributed by atoms with Crippen molar-refractivity contribution >= 4 is 23.1 Å². The Morgan fingerprint density at radius 2 is 2.00 bits per heavy atom. The van der Waals surface area contributed by atoms with Gasteiger partial charge in [0, 0.05) is 32.0 Å². The standard InChI is InChI=1S/C14H17ClN4/c1-19(12-6-3-2-4-7-12)11-5-9-16-13-8-10-17-14(15)18-13/h2-4,6-8,10H,5,9,11H2,1H3,(H,16,17,18). The molecule has 1 aromatic heterocycles. The molecule has 2 aromatic rings. The molecule has 0 aliphatic rings. The number of hydrogen-bond donors (Lipinski definition) is 1. The third-order valence-corrected chi connectivity index (χ3v) is 2.98. The summed E-state index contributed by atoms with van der Waals surface area (Å²) in [5.74, 6) is 0.766. The molecule has 0 fully saturated rings. The van der Waals surface area contributed by atoms with E-state index in [1.165, 1.54) is 5.69 Å². The maximum atomic E-state index is 5.72. The molecule has 0 unspecified atom stereocenters. The Bertz CT molecular complexity index is 504. The predicted molar refractivity (Wildman–Crippen MR) is 79.9 cm³/mol. The Kier molecular flexibility index (Phi) is 4.98. The Hall–Kier alpha value is -1.81. The van der Waals surface area contributed by atoms with Crippen molar-refractivity contribution < 1.29 is 0 Å². The van der Waals surface area contributed by atoms with E-state index in [4.69, 9.17) is 11.6 Å². The number of anilines is 2. The van der Waals surface area contributed by atoms with Gasteiger partial charge >= 0.3 is 0 Å². The number of aromatic nitrogens is 2. The molecule has 5 heteroatoms. The van der Waals surface area contributed by atoms with Crippen molar-refractivity contribution in [1.29, 1.82) is 0 Å². The fourth-order valence-corrected chi connectivity index (χ4v) is 1.93. The van der Waals surface area contributed by atoms with Gasteiger partial charge in [-0.2, -0.15) is 0 Å². The Balaban J connectivity index is 1.72. The molecule has 0 bridgehead atoms. The molecule has 0 radical (unpaired) electrons. The molecule has 19 heavy (non-hydrogen) atoms. The minimum atomic E-state index is 0.270. The number of benzene rings is 1. The van der Waals surface area contributed by atoms with E-state index < -0.39 is 0 Å². The highest BCUT2D eigenvalue weighted by Gasteiger charge is 2.00. The zero-order valence-electron chi connectivity index (χ0n) is 10.9. The van der Waals surface area contributed by atoms with Gasteiger partial charge in [0.15, 0.2) is 0 Å². The van der Waals surface area contributed by atoms with E-state index in [1.54, 1.807) is 6.20 Å². The zero-order valence-corrected chi connectivity index (χ0v) is 11.6. The highest BCUT2D eigenvalue weighted by Crippen LogP contribution is 2.11. The van der Waals surface area contributed by atoms with E-state index in [1.807, 2.05) is 24.3 Å². The second-order valence-corrected chi connectivity index (χ2v) is 4.59. The molecule has 2 rings (SSSR count). The lowest BCUT2D eigenvalue weighted by Crippen LogP contribution is -2.20. The fraction of sp³-hybridized carbons (Fsp3) is 0.286. The molecule has 0 saturated heterocycles. The van der Waals surface area contributed by atoms with E-state index in [0.717, 1.165) is 25.3 Å². The van der Waals surface area contributed by atoms with Crippen LogP contribution in [0.2, 0.25) is 5.28 Å². The second kappa shape index (κ2) is 6.95. The van der Waals surface area contributed by atoms with Crippen LogP contribution in [-0.2, 0) is 0 Å². The van der Waals surface area contributed by atoms with Gasteiger partial charge in [-0.05, 0) is 36.2 Å². The van der Waals surface area contributed by atoms with Crippen LogP contribution in [0.4, 0.5) is 11.5 Å². The average molecular weight is 277 g/mol. The van der Waals surface area contributed by atoms with Crippen molar-refractivity contribution in [2.24, 2.45) is 0 Å². The lowest BCUT2D eigenvalue weighted by Gasteiger charge is -2.19. The van der Waals surface area contributed by atoms with Gasteiger partial charge in [-0.25, -0.2) is 9.97 Å². The van der Waals surface area contributed by atoms with Gasteiger partial charge in [-0.15, -0.1) is 0 Å². The Morgan fingerprint density at radius 3 is 2.74 bits per heavy atom. The van der Waals surface area contributed by atoms with Gasteiger partial charge in [0.1, 0.15) is 5.82 Å². The van der Waals surface area contributed by atoms with Gasteiger partial charge in [0.05, 0.1) is 0 Å². The van der Waals surface area contributed by atoms with Crippen LogP contribution >= 0.6 is 11.6 Å². The summed E-state index contributed by atoms with van der Waals surface area (Å²) in [4.78, 5) is 10.2. The molecule has 0 spiro atoms. The first-order valence-corrected chi connectivity index (χ1v) is 6.62. The van der Waals surface area contributed by atoms with Crippen LogP contribution in [0.5, 0.6) is 0 Å². The predicted octanol–water partition coefficient (Wildman–Crippen LogP) is 3.07. The smallest absolute Gasteiger partial charge is 0.224 e. The minimum absolute atomic E-state index is 0.270. The molecular weight excluding hydrogens is 260 g/mol. The summed E-state index contributed by atoms with van der Waals surface area (Å²) in [5.41, 5.74) is 1.23. The Labute approximate surface area is 118 Å². The van der Waals surface area contributed by atoms with E-state index >= 15 is 0 Å². The summed E-state index contributed by atoms with van der Waals surface area (Å²) in [6.45, 7) is 1.83. The van der Waals surface area contributed by atoms with Crippen molar-refractivity contribution in [3.8, 4) is 0 Å². The summed E-state index contributed by atoms with van der Waals surface area (Å²) >= 11 is 5.72. The van der Waals surface area contributed by atoms with Gasteiger partial charge in [0.2, 0.25) is 5.28 Å². The van der Waals surface area contributed by atoms with Crippen LogP contribution in [0.3, 0.4) is 0 Å². The largest absolute Gasteiger partial charge is 0.375 e. The molecule has 100 valence electrons. The van der Waals surface area contributed by atoms with Crippen molar-refractivity contribution in [3.05, 3.63) is 47.9 Å².